The summed E-state index contributed by atoms with van der Waals surface area (Å²) in [4.78, 5) is 28.3. The van der Waals surface area contributed by atoms with E-state index in [1.165, 1.54) is 6.08 Å². The SMILES string of the molecule is C=CC(=O)Nc1cc(-c2c(-c3ccccc3)oc3ncnc(N4CCCC4)c23)ccc1N(C)CCN(C)C. The van der Waals surface area contributed by atoms with Gasteiger partial charge < -0.3 is 24.4 Å². The summed E-state index contributed by atoms with van der Waals surface area (Å²) in [5, 5.41) is 3.92. The summed E-state index contributed by atoms with van der Waals surface area (Å²) in [5.74, 6) is 1.36. The minimum Gasteiger partial charge on any atom is -0.437 e. The Labute approximate surface area is 223 Å². The number of hydrogen-bond donors (Lipinski definition) is 1. The summed E-state index contributed by atoms with van der Waals surface area (Å²) in [6.45, 7) is 7.24. The van der Waals surface area contributed by atoms with E-state index in [4.69, 9.17) is 9.40 Å². The largest absolute Gasteiger partial charge is 0.437 e. The Balaban J connectivity index is 1.71. The average Bonchev–Trinajstić information content (AvgIpc) is 3.60. The minimum absolute atomic E-state index is 0.258. The zero-order chi connectivity index (χ0) is 26.6. The number of nitrogens with one attached hydrogen (secondary N) is 1. The first kappa shape index (κ1) is 25.5. The van der Waals surface area contributed by atoms with Crippen molar-refractivity contribution in [3.63, 3.8) is 0 Å². The molecule has 38 heavy (non-hydrogen) atoms. The molecule has 1 N–H and O–H groups in total. The van der Waals surface area contributed by atoms with E-state index in [1.54, 1.807) is 6.33 Å². The molecule has 1 saturated heterocycles. The van der Waals surface area contributed by atoms with E-state index in [0.717, 1.165) is 78.4 Å². The van der Waals surface area contributed by atoms with E-state index in [-0.39, 0.29) is 5.91 Å². The summed E-state index contributed by atoms with van der Waals surface area (Å²) < 4.78 is 6.43. The minimum atomic E-state index is -0.258. The van der Waals surface area contributed by atoms with Gasteiger partial charge in [-0.15, -0.1) is 0 Å². The summed E-state index contributed by atoms with van der Waals surface area (Å²) in [5.41, 5.74) is 4.99. The van der Waals surface area contributed by atoms with Gasteiger partial charge in [-0.25, -0.2) is 9.97 Å². The fourth-order valence-electron chi connectivity index (χ4n) is 4.93. The van der Waals surface area contributed by atoms with Crippen molar-refractivity contribution < 1.29 is 9.21 Å². The summed E-state index contributed by atoms with van der Waals surface area (Å²) in [6, 6.07) is 16.2. The molecule has 2 aromatic carbocycles. The van der Waals surface area contributed by atoms with Crippen LogP contribution in [-0.4, -0.2) is 68.1 Å². The Hall–Kier alpha value is -4.17. The highest BCUT2D eigenvalue weighted by Crippen LogP contribution is 2.45. The topological polar surface area (TPSA) is 77.7 Å². The molecule has 0 atom stereocenters. The highest BCUT2D eigenvalue weighted by Gasteiger charge is 2.26. The molecular weight excluding hydrogens is 476 g/mol. The van der Waals surface area contributed by atoms with Crippen molar-refractivity contribution in [2.45, 2.75) is 12.8 Å². The summed E-state index contributed by atoms with van der Waals surface area (Å²) in [6.07, 6.45) is 5.14. The molecule has 0 unspecified atom stereocenters. The molecule has 5 rings (SSSR count). The van der Waals surface area contributed by atoms with Crippen LogP contribution in [0.4, 0.5) is 17.2 Å². The van der Waals surface area contributed by atoms with Gasteiger partial charge in [0.1, 0.15) is 17.9 Å². The predicted molar refractivity (Wildman–Crippen MR) is 155 cm³/mol. The third-order valence-corrected chi connectivity index (χ3v) is 6.93. The third-order valence-electron chi connectivity index (χ3n) is 6.93. The molecule has 196 valence electrons. The van der Waals surface area contributed by atoms with Crippen molar-refractivity contribution >= 4 is 34.2 Å². The fraction of sp³-hybridized carbons (Fsp3) is 0.300. The number of fused-ring (bicyclic) bond motifs is 1. The van der Waals surface area contributed by atoms with Gasteiger partial charge in [0.05, 0.1) is 16.8 Å². The van der Waals surface area contributed by atoms with Gasteiger partial charge in [-0.05, 0) is 50.7 Å². The zero-order valence-electron chi connectivity index (χ0n) is 22.3. The molecule has 8 heteroatoms. The number of furan rings is 1. The monoisotopic (exact) mass is 510 g/mol. The Kier molecular flexibility index (Phi) is 7.42. The Bertz CT molecular complexity index is 1440. The fourth-order valence-corrected chi connectivity index (χ4v) is 4.93. The van der Waals surface area contributed by atoms with Gasteiger partial charge in [0.2, 0.25) is 11.6 Å². The second-order valence-electron chi connectivity index (χ2n) is 9.89. The van der Waals surface area contributed by atoms with Crippen molar-refractivity contribution in [3.8, 4) is 22.5 Å². The molecule has 3 heterocycles. The van der Waals surface area contributed by atoms with Crippen LogP contribution >= 0.6 is 0 Å². The van der Waals surface area contributed by atoms with Crippen molar-refractivity contribution in [2.75, 3.05) is 62.4 Å². The summed E-state index contributed by atoms with van der Waals surface area (Å²) in [7, 11) is 6.13. The molecule has 1 amide bonds. The number of hydrogen-bond acceptors (Lipinski definition) is 7. The molecule has 0 spiro atoms. The van der Waals surface area contributed by atoms with Crippen LogP contribution in [0, 0.1) is 0 Å². The third kappa shape index (κ3) is 5.13. The van der Waals surface area contributed by atoms with Crippen molar-refractivity contribution in [2.24, 2.45) is 0 Å². The van der Waals surface area contributed by atoms with E-state index in [2.05, 4.69) is 43.7 Å². The van der Waals surface area contributed by atoms with Crippen LogP contribution in [0.5, 0.6) is 0 Å². The second kappa shape index (κ2) is 11.1. The van der Waals surface area contributed by atoms with E-state index in [9.17, 15) is 4.79 Å². The van der Waals surface area contributed by atoms with Gasteiger partial charge >= 0.3 is 0 Å². The highest BCUT2D eigenvalue weighted by atomic mass is 16.3. The quantitative estimate of drug-likeness (QED) is 0.307. The number of carbonyl (C=O) groups is 1. The first-order valence-electron chi connectivity index (χ1n) is 13.0. The van der Waals surface area contributed by atoms with Gasteiger partial charge in [-0.1, -0.05) is 43.0 Å². The Morgan fingerprint density at radius 1 is 1.05 bits per heavy atom. The van der Waals surface area contributed by atoms with Crippen molar-refractivity contribution in [3.05, 3.63) is 67.5 Å². The van der Waals surface area contributed by atoms with E-state index < -0.39 is 0 Å². The number of likely N-dealkylation sites (N-methyl/N-ethyl adjacent to an activating group) is 2. The standard InChI is InChI=1S/C30H34N6O2/c1-5-25(37)33-23-19-22(13-14-24(23)35(4)18-17-34(2)3)26-27-29(36-15-9-10-16-36)31-20-32-30(27)38-28(26)21-11-7-6-8-12-21/h5-8,11-14,19-20H,1,9-10,15-18H2,2-4H3,(H,33,37). The maximum Gasteiger partial charge on any atom is 0.247 e. The maximum atomic E-state index is 12.4. The molecular formula is C30H34N6O2. The molecule has 0 aliphatic carbocycles. The maximum absolute atomic E-state index is 12.4. The Morgan fingerprint density at radius 3 is 2.53 bits per heavy atom. The summed E-state index contributed by atoms with van der Waals surface area (Å²) >= 11 is 0. The van der Waals surface area contributed by atoms with Crippen LogP contribution in [0.15, 0.2) is 71.9 Å². The van der Waals surface area contributed by atoms with Crippen LogP contribution < -0.4 is 15.1 Å². The molecule has 0 saturated carbocycles. The molecule has 1 aliphatic rings. The Morgan fingerprint density at radius 2 is 1.82 bits per heavy atom. The van der Waals surface area contributed by atoms with Gasteiger partial charge in [-0.2, -0.15) is 0 Å². The van der Waals surface area contributed by atoms with E-state index in [1.807, 2.05) is 57.5 Å². The molecule has 0 radical (unpaired) electrons. The lowest BCUT2D eigenvalue weighted by molar-refractivity contribution is -0.111. The lowest BCUT2D eigenvalue weighted by Crippen LogP contribution is -2.29. The number of aromatic nitrogens is 2. The van der Waals surface area contributed by atoms with Gasteiger partial charge in [0.15, 0.2) is 0 Å². The number of amides is 1. The smallest absolute Gasteiger partial charge is 0.247 e. The lowest BCUT2D eigenvalue weighted by Gasteiger charge is -2.25. The molecule has 0 bridgehead atoms. The second-order valence-corrected chi connectivity index (χ2v) is 9.89. The van der Waals surface area contributed by atoms with Crippen molar-refractivity contribution in [1.82, 2.24) is 14.9 Å². The van der Waals surface area contributed by atoms with E-state index in [0.29, 0.717) is 11.4 Å². The van der Waals surface area contributed by atoms with Gasteiger partial charge in [0, 0.05) is 44.4 Å². The molecule has 1 aliphatic heterocycles. The zero-order valence-corrected chi connectivity index (χ0v) is 22.3. The molecule has 8 nitrogen and oxygen atoms in total. The lowest BCUT2D eigenvalue weighted by atomic mass is 9.98. The van der Waals surface area contributed by atoms with Crippen LogP contribution in [0.3, 0.4) is 0 Å². The van der Waals surface area contributed by atoms with Crippen LogP contribution in [0.25, 0.3) is 33.6 Å². The average molecular weight is 511 g/mol. The number of nitrogens with zero attached hydrogens (tertiary/aromatic N) is 5. The van der Waals surface area contributed by atoms with Gasteiger partial charge in [-0.3, -0.25) is 4.79 Å². The van der Waals surface area contributed by atoms with E-state index >= 15 is 0 Å². The first-order valence-corrected chi connectivity index (χ1v) is 13.0. The van der Waals surface area contributed by atoms with Crippen molar-refractivity contribution in [1.29, 1.82) is 0 Å². The number of anilines is 3. The highest BCUT2D eigenvalue weighted by molar-refractivity contribution is 6.08. The normalized spacial score (nSPS) is 13.3. The molecule has 1 fully saturated rings. The first-order chi connectivity index (χ1) is 18.5. The number of benzene rings is 2. The van der Waals surface area contributed by atoms with Crippen LogP contribution in [0.1, 0.15) is 12.8 Å². The number of rotatable bonds is 9. The van der Waals surface area contributed by atoms with Crippen LogP contribution in [0.2, 0.25) is 0 Å². The number of carbonyl (C=O) groups excluding carboxylic acids is 1. The predicted octanol–water partition coefficient (Wildman–Crippen LogP) is 5.28. The van der Waals surface area contributed by atoms with Crippen LogP contribution in [-0.2, 0) is 4.79 Å². The molecule has 2 aromatic heterocycles. The van der Waals surface area contributed by atoms with Gasteiger partial charge in [0.25, 0.3) is 0 Å². The molecule has 4 aromatic rings.